The molecule has 0 aliphatic carbocycles. The van der Waals surface area contributed by atoms with Gasteiger partial charge in [0.15, 0.2) is 5.96 Å². The van der Waals surface area contributed by atoms with Gasteiger partial charge in [0.1, 0.15) is 0 Å². The Morgan fingerprint density at radius 1 is 1.30 bits per heavy atom. The van der Waals surface area contributed by atoms with Crippen molar-refractivity contribution in [3.63, 3.8) is 0 Å². The first-order valence-electron chi connectivity index (χ1n) is 8.43. The molecule has 1 aromatic carbocycles. The third-order valence-corrected chi connectivity index (χ3v) is 4.29. The number of benzene rings is 1. The van der Waals surface area contributed by atoms with E-state index in [1.54, 1.807) is 0 Å². The maximum atomic E-state index is 5.91. The van der Waals surface area contributed by atoms with Crippen LogP contribution in [0.5, 0.6) is 0 Å². The van der Waals surface area contributed by atoms with Gasteiger partial charge in [0.25, 0.3) is 0 Å². The summed E-state index contributed by atoms with van der Waals surface area (Å²) in [6, 6.07) is 9.58. The van der Waals surface area contributed by atoms with Crippen LogP contribution in [0.4, 0.5) is 0 Å². The molecule has 23 heavy (non-hydrogen) atoms. The van der Waals surface area contributed by atoms with Gasteiger partial charge in [-0.3, -0.25) is 4.90 Å². The van der Waals surface area contributed by atoms with E-state index in [1.807, 2.05) is 0 Å². The lowest BCUT2D eigenvalue weighted by molar-refractivity contribution is 0.152. The van der Waals surface area contributed by atoms with Crippen LogP contribution in [-0.2, 0) is 13.1 Å². The zero-order chi connectivity index (χ0) is 15.9. The molecule has 1 aliphatic rings. The minimum Gasteiger partial charge on any atom is -0.370 e. The van der Waals surface area contributed by atoms with Gasteiger partial charge in [-0.15, -0.1) is 24.0 Å². The van der Waals surface area contributed by atoms with Gasteiger partial charge in [-0.2, -0.15) is 0 Å². The number of nitrogens with two attached hydrogens (primary N) is 1. The van der Waals surface area contributed by atoms with E-state index in [4.69, 9.17) is 5.73 Å². The van der Waals surface area contributed by atoms with Crippen molar-refractivity contribution in [2.45, 2.75) is 65.2 Å². The molecule has 1 unspecified atom stereocenters. The van der Waals surface area contributed by atoms with Crippen LogP contribution in [0.1, 0.15) is 51.2 Å². The number of aliphatic imine (C=N–C) groups is 1. The lowest BCUT2D eigenvalue weighted by Gasteiger charge is -2.33. The molecule has 1 saturated heterocycles. The number of hydrogen-bond donors (Lipinski definition) is 2. The Hall–Kier alpha value is -0.820. The third-order valence-electron chi connectivity index (χ3n) is 4.29. The summed E-state index contributed by atoms with van der Waals surface area (Å²) in [6.07, 6.45) is 3.99. The van der Waals surface area contributed by atoms with E-state index in [9.17, 15) is 0 Å². The normalized spacial score (nSPS) is 19.5. The van der Waals surface area contributed by atoms with Crippen molar-refractivity contribution in [3.8, 4) is 0 Å². The van der Waals surface area contributed by atoms with E-state index in [-0.39, 0.29) is 24.0 Å². The molecule has 3 N–H and O–H groups in total. The lowest BCUT2D eigenvalue weighted by Crippen LogP contribution is -2.37. The molecule has 0 bridgehead atoms. The summed E-state index contributed by atoms with van der Waals surface area (Å²) in [7, 11) is 0. The molecule has 0 saturated carbocycles. The van der Waals surface area contributed by atoms with E-state index in [0.29, 0.717) is 24.6 Å². The fourth-order valence-electron chi connectivity index (χ4n) is 2.99. The first-order valence-corrected chi connectivity index (χ1v) is 8.43. The fraction of sp³-hybridized carbons (Fsp3) is 0.611. The van der Waals surface area contributed by atoms with Crippen LogP contribution in [-0.4, -0.2) is 29.5 Å². The van der Waals surface area contributed by atoms with Gasteiger partial charge in [0.05, 0.1) is 6.54 Å². The van der Waals surface area contributed by atoms with Gasteiger partial charge in [0, 0.05) is 18.6 Å². The van der Waals surface area contributed by atoms with E-state index in [1.165, 1.54) is 36.9 Å². The zero-order valence-electron chi connectivity index (χ0n) is 14.6. The van der Waals surface area contributed by atoms with Gasteiger partial charge in [0.2, 0.25) is 0 Å². The summed E-state index contributed by atoms with van der Waals surface area (Å²) in [5, 5.41) is 3.14. The number of likely N-dealkylation sites (tertiary alicyclic amines) is 1. The van der Waals surface area contributed by atoms with E-state index < -0.39 is 0 Å². The Morgan fingerprint density at radius 2 is 2.00 bits per heavy atom. The number of halogens is 1. The highest BCUT2D eigenvalue weighted by Crippen LogP contribution is 2.21. The molecule has 1 heterocycles. The van der Waals surface area contributed by atoms with Crippen LogP contribution >= 0.6 is 24.0 Å². The largest absolute Gasteiger partial charge is 0.370 e. The van der Waals surface area contributed by atoms with E-state index in [0.717, 1.165) is 6.54 Å². The fourth-order valence-corrected chi connectivity index (χ4v) is 2.99. The minimum absolute atomic E-state index is 0. The Labute approximate surface area is 157 Å². The molecule has 130 valence electrons. The highest BCUT2D eigenvalue weighted by Gasteiger charge is 2.18. The molecule has 1 atom stereocenters. The van der Waals surface area contributed by atoms with Crippen molar-refractivity contribution in [2.75, 3.05) is 6.54 Å². The van der Waals surface area contributed by atoms with Gasteiger partial charge < -0.3 is 11.1 Å². The molecule has 0 radical (unpaired) electrons. The van der Waals surface area contributed by atoms with Crippen LogP contribution in [0.3, 0.4) is 0 Å². The van der Waals surface area contributed by atoms with Crippen LogP contribution < -0.4 is 11.1 Å². The number of guanidine groups is 1. The maximum absolute atomic E-state index is 5.91. The van der Waals surface area contributed by atoms with Crippen LogP contribution in [0, 0.1) is 0 Å². The zero-order valence-corrected chi connectivity index (χ0v) is 16.9. The molecule has 1 aromatic rings. The number of hydrogen-bond acceptors (Lipinski definition) is 2. The van der Waals surface area contributed by atoms with Gasteiger partial charge in [-0.1, -0.05) is 30.7 Å². The summed E-state index contributed by atoms with van der Waals surface area (Å²) in [4.78, 5) is 7.06. The molecule has 0 amide bonds. The molecule has 2 rings (SSSR count). The maximum Gasteiger partial charge on any atom is 0.189 e. The third kappa shape index (κ3) is 6.67. The number of piperidine rings is 1. The Morgan fingerprint density at radius 3 is 2.65 bits per heavy atom. The second-order valence-corrected chi connectivity index (χ2v) is 6.58. The van der Waals surface area contributed by atoms with Gasteiger partial charge >= 0.3 is 0 Å². The number of rotatable bonds is 5. The average molecular weight is 430 g/mol. The van der Waals surface area contributed by atoms with E-state index in [2.05, 4.69) is 60.2 Å². The van der Waals surface area contributed by atoms with Crippen molar-refractivity contribution in [1.82, 2.24) is 10.2 Å². The predicted octanol–water partition coefficient (Wildman–Crippen LogP) is 3.49. The van der Waals surface area contributed by atoms with E-state index >= 15 is 0 Å². The summed E-state index contributed by atoms with van der Waals surface area (Å²) < 4.78 is 0. The van der Waals surface area contributed by atoms with Crippen molar-refractivity contribution >= 4 is 29.9 Å². The quantitative estimate of drug-likeness (QED) is 0.427. The van der Waals surface area contributed by atoms with Gasteiger partial charge in [-0.05, 0) is 51.3 Å². The summed E-state index contributed by atoms with van der Waals surface area (Å²) in [5.41, 5.74) is 8.55. The second-order valence-electron chi connectivity index (χ2n) is 6.58. The Kier molecular flexibility index (Phi) is 8.91. The smallest absolute Gasteiger partial charge is 0.189 e. The number of nitrogens with one attached hydrogen (secondary N) is 1. The minimum atomic E-state index is 0. The van der Waals surface area contributed by atoms with Crippen LogP contribution in [0.2, 0.25) is 0 Å². The van der Waals surface area contributed by atoms with Crippen molar-refractivity contribution in [2.24, 2.45) is 10.7 Å². The standard InChI is InChI=1S/C18H30N4.HI/c1-14(2)21-18(19)20-12-16-9-4-5-10-17(16)13-22-11-7-6-8-15(22)3;/h4-5,9-10,14-15H,6-8,11-13H2,1-3H3,(H3,19,20,21);1H. The van der Waals surface area contributed by atoms with Gasteiger partial charge in [-0.25, -0.2) is 4.99 Å². The topological polar surface area (TPSA) is 53.6 Å². The molecular weight excluding hydrogens is 399 g/mol. The molecule has 0 spiro atoms. The molecule has 1 aliphatic heterocycles. The summed E-state index contributed by atoms with van der Waals surface area (Å²) in [6.45, 7) is 9.33. The molecular formula is C18H31IN4. The number of nitrogens with zero attached hydrogens (tertiary/aromatic N) is 2. The Bertz CT molecular complexity index is 502. The van der Waals surface area contributed by atoms with Crippen molar-refractivity contribution in [1.29, 1.82) is 0 Å². The molecule has 1 fully saturated rings. The molecule has 0 aromatic heterocycles. The first-order chi connectivity index (χ1) is 10.6. The van der Waals surface area contributed by atoms with Crippen molar-refractivity contribution in [3.05, 3.63) is 35.4 Å². The lowest BCUT2D eigenvalue weighted by atomic mass is 10.0. The average Bonchev–Trinajstić information content (AvgIpc) is 2.48. The first kappa shape index (κ1) is 20.2. The van der Waals surface area contributed by atoms with Crippen molar-refractivity contribution < 1.29 is 0 Å². The summed E-state index contributed by atoms with van der Waals surface area (Å²) >= 11 is 0. The highest BCUT2D eigenvalue weighted by molar-refractivity contribution is 14.0. The van der Waals surface area contributed by atoms with Crippen LogP contribution in [0.15, 0.2) is 29.3 Å². The Balaban J connectivity index is 0.00000264. The van der Waals surface area contributed by atoms with Crippen LogP contribution in [0.25, 0.3) is 0 Å². The second kappa shape index (κ2) is 10.1. The molecule has 5 heteroatoms. The highest BCUT2D eigenvalue weighted by atomic mass is 127. The SMILES string of the molecule is CC(C)NC(N)=NCc1ccccc1CN1CCCCC1C.I. The monoisotopic (exact) mass is 430 g/mol. The molecule has 4 nitrogen and oxygen atoms in total. The predicted molar refractivity (Wildman–Crippen MR) is 109 cm³/mol. The summed E-state index contributed by atoms with van der Waals surface area (Å²) in [5.74, 6) is 0.524.